The van der Waals surface area contributed by atoms with Gasteiger partial charge in [0.1, 0.15) is 0 Å². The highest BCUT2D eigenvalue weighted by Crippen LogP contribution is 2.20. The Labute approximate surface area is 94.9 Å². The summed E-state index contributed by atoms with van der Waals surface area (Å²) < 4.78 is 2.08. The fraction of sp³-hybridized carbons (Fsp3) is 0.417. The van der Waals surface area contributed by atoms with Crippen LogP contribution in [0.4, 0.5) is 0 Å². The topological polar surface area (TPSA) is 17.8 Å². The van der Waals surface area contributed by atoms with Crippen molar-refractivity contribution in [1.29, 1.82) is 0 Å². The van der Waals surface area contributed by atoms with Crippen molar-refractivity contribution in [1.82, 2.24) is 9.55 Å². The highest BCUT2D eigenvalue weighted by Gasteiger charge is 2.07. The van der Waals surface area contributed by atoms with Gasteiger partial charge in [0.2, 0.25) is 5.28 Å². The fourth-order valence-corrected chi connectivity index (χ4v) is 1.91. The number of benzene rings is 1. The molecule has 15 heavy (non-hydrogen) atoms. The predicted octanol–water partition coefficient (Wildman–Crippen LogP) is 3.74. The Morgan fingerprint density at radius 2 is 2.07 bits per heavy atom. The molecule has 0 amide bonds. The van der Waals surface area contributed by atoms with E-state index < -0.39 is 0 Å². The van der Waals surface area contributed by atoms with Crippen molar-refractivity contribution in [2.45, 2.75) is 26.8 Å². The van der Waals surface area contributed by atoms with Crippen LogP contribution < -0.4 is 0 Å². The molecule has 0 N–H and O–H groups in total. The lowest BCUT2D eigenvalue weighted by Crippen LogP contribution is -2.01. The molecule has 1 aromatic heterocycles. The Morgan fingerprint density at radius 1 is 1.33 bits per heavy atom. The monoisotopic (exact) mass is 222 g/mol. The van der Waals surface area contributed by atoms with Gasteiger partial charge in [-0.25, -0.2) is 4.98 Å². The van der Waals surface area contributed by atoms with Gasteiger partial charge in [0, 0.05) is 6.54 Å². The number of aryl methyl sites for hydroxylation is 1. The molecule has 0 atom stereocenters. The number of rotatable bonds is 3. The zero-order chi connectivity index (χ0) is 10.8. The smallest absolute Gasteiger partial charge is 0.203 e. The second-order valence-corrected chi connectivity index (χ2v) is 4.54. The van der Waals surface area contributed by atoms with Crippen molar-refractivity contribution in [2.24, 2.45) is 5.92 Å². The predicted molar refractivity (Wildman–Crippen MR) is 64.2 cm³/mol. The molecule has 80 valence electrons. The molecule has 0 radical (unpaired) electrons. The number of para-hydroxylation sites is 2. The number of fused-ring (bicyclic) bond motifs is 1. The average molecular weight is 223 g/mol. The van der Waals surface area contributed by atoms with Crippen LogP contribution in [0.5, 0.6) is 0 Å². The largest absolute Gasteiger partial charge is 0.315 e. The number of halogens is 1. The summed E-state index contributed by atoms with van der Waals surface area (Å²) in [5.41, 5.74) is 2.11. The van der Waals surface area contributed by atoms with E-state index in [4.69, 9.17) is 11.6 Å². The summed E-state index contributed by atoms with van der Waals surface area (Å²) in [7, 11) is 0. The van der Waals surface area contributed by atoms with Gasteiger partial charge in [0.15, 0.2) is 0 Å². The molecule has 0 saturated carbocycles. The third kappa shape index (κ3) is 2.15. The minimum absolute atomic E-state index is 0.594. The van der Waals surface area contributed by atoms with E-state index in [-0.39, 0.29) is 0 Å². The summed E-state index contributed by atoms with van der Waals surface area (Å²) in [5.74, 6) is 0.683. The van der Waals surface area contributed by atoms with Gasteiger partial charge in [-0.2, -0.15) is 0 Å². The van der Waals surface area contributed by atoms with Crippen LogP contribution >= 0.6 is 11.6 Å². The van der Waals surface area contributed by atoms with Gasteiger partial charge in [0.05, 0.1) is 11.0 Å². The summed E-state index contributed by atoms with van der Waals surface area (Å²) in [5, 5.41) is 0.594. The van der Waals surface area contributed by atoms with Gasteiger partial charge >= 0.3 is 0 Å². The molecule has 1 heterocycles. The van der Waals surface area contributed by atoms with E-state index in [0.717, 1.165) is 24.0 Å². The number of aromatic nitrogens is 2. The minimum atomic E-state index is 0.594. The van der Waals surface area contributed by atoms with Crippen LogP contribution in [0.1, 0.15) is 20.3 Å². The Balaban J connectivity index is 2.36. The molecule has 0 spiro atoms. The Bertz CT molecular complexity index is 460. The second kappa shape index (κ2) is 4.23. The SMILES string of the molecule is CC(C)CCn1c(Cl)nc2ccccc21. The molecule has 0 saturated heterocycles. The molecule has 0 aliphatic rings. The van der Waals surface area contributed by atoms with E-state index in [9.17, 15) is 0 Å². The van der Waals surface area contributed by atoms with Crippen LogP contribution in [0.3, 0.4) is 0 Å². The number of hydrogen-bond acceptors (Lipinski definition) is 1. The lowest BCUT2D eigenvalue weighted by Gasteiger charge is -2.07. The summed E-state index contributed by atoms with van der Waals surface area (Å²) >= 11 is 6.10. The highest BCUT2D eigenvalue weighted by atomic mass is 35.5. The molecular formula is C12H15ClN2. The van der Waals surface area contributed by atoms with Crippen LogP contribution in [-0.4, -0.2) is 9.55 Å². The van der Waals surface area contributed by atoms with E-state index in [0.29, 0.717) is 11.2 Å². The summed E-state index contributed by atoms with van der Waals surface area (Å²) in [6.07, 6.45) is 1.13. The Hall–Kier alpha value is -1.02. The first kappa shape index (κ1) is 10.5. The second-order valence-electron chi connectivity index (χ2n) is 4.20. The van der Waals surface area contributed by atoms with Gasteiger partial charge in [-0.3, -0.25) is 0 Å². The first-order valence-corrected chi connectivity index (χ1v) is 5.67. The zero-order valence-electron chi connectivity index (χ0n) is 9.07. The van der Waals surface area contributed by atoms with Crippen LogP contribution in [0.2, 0.25) is 5.28 Å². The molecule has 1 aromatic carbocycles. The summed E-state index contributed by atoms with van der Waals surface area (Å²) in [6, 6.07) is 8.06. The maximum atomic E-state index is 6.10. The van der Waals surface area contributed by atoms with Crippen molar-refractivity contribution in [2.75, 3.05) is 0 Å². The van der Waals surface area contributed by atoms with E-state index in [1.165, 1.54) is 0 Å². The van der Waals surface area contributed by atoms with E-state index in [1.807, 2.05) is 18.2 Å². The molecule has 0 fully saturated rings. The fourth-order valence-electron chi connectivity index (χ4n) is 1.65. The van der Waals surface area contributed by atoms with Crippen LogP contribution in [-0.2, 0) is 6.54 Å². The third-order valence-electron chi connectivity index (χ3n) is 2.54. The Morgan fingerprint density at radius 3 is 2.80 bits per heavy atom. The zero-order valence-corrected chi connectivity index (χ0v) is 9.83. The molecule has 2 aromatic rings. The van der Waals surface area contributed by atoms with Crippen molar-refractivity contribution >= 4 is 22.6 Å². The van der Waals surface area contributed by atoms with Gasteiger partial charge < -0.3 is 4.57 Å². The lowest BCUT2D eigenvalue weighted by molar-refractivity contribution is 0.523. The van der Waals surface area contributed by atoms with E-state index in [1.54, 1.807) is 0 Å². The van der Waals surface area contributed by atoms with Gasteiger partial charge in [-0.1, -0.05) is 26.0 Å². The minimum Gasteiger partial charge on any atom is -0.315 e. The van der Waals surface area contributed by atoms with Gasteiger partial charge in [-0.05, 0) is 36.1 Å². The van der Waals surface area contributed by atoms with Crippen molar-refractivity contribution in [3.63, 3.8) is 0 Å². The number of hydrogen-bond donors (Lipinski definition) is 0. The van der Waals surface area contributed by atoms with Crippen molar-refractivity contribution in [3.05, 3.63) is 29.5 Å². The van der Waals surface area contributed by atoms with E-state index >= 15 is 0 Å². The van der Waals surface area contributed by atoms with Gasteiger partial charge in [-0.15, -0.1) is 0 Å². The highest BCUT2D eigenvalue weighted by molar-refractivity contribution is 6.29. The molecule has 0 aliphatic heterocycles. The molecule has 3 heteroatoms. The van der Waals surface area contributed by atoms with Gasteiger partial charge in [0.25, 0.3) is 0 Å². The number of nitrogens with zero attached hydrogens (tertiary/aromatic N) is 2. The molecule has 2 nitrogen and oxygen atoms in total. The van der Waals surface area contributed by atoms with E-state index in [2.05, 4.69) is 29.5 Å². The summed E-state index contributed by atoms with van der Waals surface area (Å²) in [6.45, 7) is 5.37. The van der Waals surface area contributed by atoms with Crippen LogP contribution in [0.25, 0.3) is 11.0 Å². The quantitative estimate of drug-likeness (QED) is 0.774. The lowest BCUT2D eigenvalue weighted by atomic mass is 10.1. The molecule has 0 unspecified atom stereocenters. The first-order chi connectivity index (χ1) is 7.18. The maximum absolute atomic E-state index is 6.10. The molecule has 2 rings (SSSR count). The third-order valence-corrected chi connectivity index (χ3v) is 2.83. The maximum Gasteiger partial charge on any atom is 0.203 e. The standard InChI is InChI=1S/C12H15ClN2/c1-9(2)7-8-15-11-6-4-3-5-10(11)14-12(15)13/h3-6,9H,7-8H2,1-2H3. The normalized spacial score (nSPS) is 11.5. The van der Waals surface area contributed by atoms with Crippen LogP contribution in [0, 0.1) is 5.92 Å². The van der Waals surface area contributed by atoms with Crippen LogP contribution in [0.15, 0.2) is 24.3 Å². The van der Waals surface area contributed by atoms with Crippen molar-refractivity contribution in [3.8, 4) is 0 Å². The average Bonchev–Trinajstić information content (AvgIpc) is 2.50. The summed E-state index contributed by atoms with van der Waals surface area (Å²) in [4.78, 5) is 4.32. The number of imidazole rings is 1. The van der Waals surface area contributed by atoms with Crippen molar-refractivity contribution < 1.29 is 0 Å². The first-order valence-electron chi connectivity index (χ1n) is 5.29. The molecular weight excluding hydrogens is 208 g/mol. The molecule has 0 aliphatic carbocycles. The molecule has 0 bridgehead atoms. The Kier molecular flexibility index (Phi) is 2.96.